The third kappa shape index (κ3) is 8.60. The Morgan fingerprint density at radius 2 is 1.98 bits per heavy atom. The molecule has 0 bridgehead atoms. The summed E-state index contributed by atoms with van der Waals surface area (Å²) in [5.74, 6) is -2.21. The smallest absolute Gasteiger partial charge is 0.476 e. The van der Waals surface area contributed by atoms with Crippen LogP contribution in [0.4, 0.5) is 11.5 Å². The van der Waals surface area contributed by atoms with Crippen LogP contribution in [0.5, 0.6) is 5.75 Å². The number of nitrogens with one attached hydrogen (secondary N) is 2. The normalized spacial score (nSPS) is 16.1. The fraction of sp³-hybridized carbons (Fsp3) is 0.444. The van der Waals surface area contributed by atoms with E-state index in [0.717, 1.165) is 4.68 Å². The van der Waals surface area contributed by atoms with Crippen molar-refractivity contribution in [2.24, 2.45) is 23.4 Å². The summed E-state index contributed by atoms with van der Waals surface area (Å²) < 4.78 is 57.7. The first-order valence-electron chi connectivity index (χ1n) is 15.0. The molecule has 0 spiro atoms. The molecule has 2 heterocycles. The van der Waals surface area contributed by atoms with Crippen molar-refractivity contribution in [2.45, 2.75) is 40.3 Å². The quantitative estimate of drug-likeness (QED) is 0.147. The average Bonchev–Trinajstić information content (AvgIpc) is 3.75. The van der Waals surface area contributed by atoms with Crippen molar-refractivity contribution in [3.63, 3.8) is 0 Å². The zero-order valence-electron chi connectivity index (χ0n) is 28.1. The lowest BCUT2D eigenvalue weighted by atomic mass is 9.98. The van der Waals surface area contributed by atoms with Gasteiger partial charge in [-0.1, -0.05) is 6.07 Å². The molecule has 1 saturated carbocycles. The summed E-state index contributed by atoms with van der Waals surface area (Å²) in [7, 11) is -1.83. The van der Waals surface area contributed by atoms with E-state index < -0.39 is 57.2 Å². The molecule has 242 valence electrons. The molecule has 0 aliphatic heterocycles. The summed E-state index contributed by atoms with van der Waals surface area (Å²) in [4.78, 5) is 57.0. The van der Waals surface area contributed by atoms with Gasteiger partial charge >= 0.3 is 13.8 Å². The Balaban J connectivity index is 1.78. The van der Waals surface area contributed by atoms with Gasteiger partial charge < -0.3 is 25.0 Å². The Labute approximate surface area is 262 Å². The van der Waals surface area contributed by atoms with Crippen LogP contribution in [0.15, 0.2) is 35.6 Å². The molecule has 17 nitrogen and oxygen atoms in total. The number of para-hydroxylation sites is 1. The maximum Gasteiger partial charge on any atom is 0.476 e. The van der Waals surface area contributed by atoms with Crippen LogP contribution >= 0.6 is 7.82 Å². The fourth-order valence-corrected chi connectivity index (χ4v) is 4.22. The maximum atomic E-state index is 13.2. The Morgan fingerprint density at radius 1 is 1.22 bits per heavy atom. The van der Waals surface area contributed by atoms with Crippen molar-refractivity contribution in [2.75, 3.05) is 26.2 Å². The van der Waals surface area contributed by atoms with E-state index in [0.29, 0.717) is 24.2 Å². The van der Waals surface area contributed by atoms with Gasteiger partial charge in [-0.2, -0.15) is 10.2 Å². The topological polar surface area (TPSA) is 210 Å². The number of phosphoric acid groups is 1. The number of nitrogens with zero attached hydrogens (tertiary/aromatic N) is 6. The van der Waals surface area contributed by atoms with Gasteiger partial charge in [0.05, 0.1) is 18.1 Å². The summed E-state index contributed by atoms with van der Waals surface area (Å²) in [6, 6.07) is 6.08. The van der Waals surface area contributed by atoms with Crippen LogP contribution in [0.2, 0.25) is 0 Å². The van der Waals surface area contributed by atoms with Gasteiger partial charge in [-0.3, -0.25) is 23.6 Å². The van der Waals surface area contributed by atoms with Crippen molar-refractivity contribution in [3.8, 4) is 17.1 Å². The zero-order valence-corrected chi connectivity index (χ0v) is 26.0. The molecule has 2 amide bonds. The number of anilines is 1. The van der Waals surface area contributed by atoms with Gasteiger partial charge in [0.15, 0.2) is 24.0 Å². The van der Waals surface area contributed by atoms with Crippen LogP contribution in [0, 0.1) is 11.3 Å². The number of aryl methyl sites for hydroxylation is 1. The standard InChI is InChI=1S/C27H35N8O9P/c1-27(2,3)26(38)42-15-44-45(39,40)43-14-35-20(31-24(36)16-10-11-16)12-19(21(32-35)25(37)28-4)30-18-9-7-8-17(22(18)41-6)23-29-13-34(5)33-23/h7-9,12-13,16H,10-11,14-15H2,1-6H3,(H,28,37)(H,31,36)(H,39,40)/i4D3. The SMILES string of the molecule is [2H]C([2H])([2H])NC(=O)c1nn(COP(=O)(O)OCOC(=O)C(C)(C)C)c(NC(=O)C2CC2)cc1=Nc1cccc(-c2ncn(C)n2)c1OC. The van der Waals surface area contributed by atoms with Crippen molar-refractivity contribution in [3.05, 3.63) is 41.6 Å². The molecule has 1 aliphatic carbocycles. The fourth-order valence-electron chi connectivity index (χ4n) is 3.70. The minimum atomic E-state index is -4.90. The van der Waals surface area contributed by atoms with E-state index in [2.05, 4.69) is 25.5 Å². The third-order valence-corrected chi connectivity index (χ3v) is 7.06. The van der Waals surface area contributed by atoms with Crippen molar-refractivity contribution in [1.29, 1.82) is 0 Å². The van der Waals surface area contributed by atoms with Crippen molar-refractivity contribution >= 4 is 37.1 Å². The summed E-state index contributed by atoms with van der Waals surface area (Å²) in [6.07, 6.45) is 2.75. The van der Waals surface area contributed by atoms with Gasteiger partial charge in [-0.05, 0) is 45.7 Å². The van der Waals surface area contributed by atoms with E-state index in [-0.39, 0.29) is 28.5 Å². The number of hydrogen-bond acceptors (Lipinski definition) is 12. The van der Waals surface area contributed by atoms with Crippen LogP contribution in [0.25, 0.3) is 11.4 Å². The molecule has 1 atom stereocenters. The lowest BCUT2D eigenvalue weighted by Gasteiger charge is -2.19. The molecule has 3 aromatic rings. The molecular formula is C27H35N8O9P. The summed E-state index contributed by atoms with van der Waals surface area (Å²) >= 11 is 0. The van der Waals surface area contributed by atoms with E-state index >= 15 is 0 Å². The molecule has 1 unspecified atom stereocenters. The minimum absolute atomic E-state index is 0.128. The second-order valence-corrected chi connectivity index (χ2v) is 12.3. The molecule has 2 aromatic heterocycles. The van der Waals surface area contributed by atoms with Gasteiger partial charge in [-0.15, -0.1) is 0 Å². The Bertz CT molecular complexity index is 1820. The number of amides is 2. The van der Waals surface area contributed by atoms with Gasteiger partial charge in [-0.25, -0.2) is 23.7 Å². The number of esters is 1. The first kappa shape index (κ1) is 29.3. The molecule has 18 heteroatoms. The van der Waals surface area contributed by atoms with E-state index in [1.807, 2.05) is 5.32 Å². The van der Waals surface area contributed by atoms with Gasteiger partial charge in [0.1, 0.15) is 23.2 Å². The highest BCUT2D eigenvalue weighted by atomic mass is 31.2. The molecule has 0 saturated heterocycles. The summed E-state index contributed by atoms with van der Waals surface area (Å²) in [6.45, 7) is -0.0107. The lowest BCUT2D eigenvalue weighted by molar-refractivity contribution is -0.160. The number of ether oxygens (including phenoxy) is 2. The van der Waals surface area contributed by atoms with Crippen LogP contribution in [-0.2, 0) is 41.7 Å². The van der Waals surface area contributed by atoms with Crippen LogP contribution in [0.3, 0.4) is 0 Å². The highest BCUT2D eigenvalue weighted by Crippen LogP contribution is 2.44. The highest BCUT2D eigenvalue weighted by molar-refractivity contribution is 7.47. The van der Waals surface area contributed by atoms with Gasteiger partial charge in [0.25, 0.3) is 5.91 Å². The van der Waals surface area contributed by atoms with Crippen LogP contribution in [0.1, 0.15) is 48.2 Å². The Hall–Kier alpha value is -4.44. The number of methoxy groups -OCH3 is 1. The lowest BCUT2D eigenvalue weighted by Crippen LogP contribution is -2.32. The van der Waals surface area contributed by atoms with E-state index in [4.69, 9.17) is 22.6 Å². The summed E-state index contributed by atoms with van der Waals surface area (Å²) in [5.41, 5.74) is -0.847. The molecule has 0 radical (unpaired) electrons. The highest BCUT2D eigenvalue weighted by Gasteiger charge is 2.31. The van der Waals surface area contributed by atoms with Crippen molar-refractivity contribution < 1.29 is 46.5 Å². The van der Waals surface area contributed by atoms with E-state index in [9.17, 15) is 23.8 Å². The Kier molecular flexibility index (Phi) is 8.90. The monoisotopic (exact) mass is 649 g/mol. The molecule has 45 heavy (non-hydrogen) atoms. The first-order valence-corrected chi connectivity index (χ1v) is 15.0. The number of carbonyl (C=O) groups is 3. The molecule has 4 rings (SSSR count). The first-order chi connectivity index (χ1) is 22.4. The third-order valence-electron chi connectivity index (χ3n) is 6.18. The Morgan fingerprint density at radius 3 is 2.60 bits per heavy atom. The zero-order chi connectivity index (χ0) is 35.4. The predicted molar refractivity (Wildman–Crippen MR) is 158 cm³/mol. The second kappa shape index (κ2) is 13.7. The maximum absolute atomic E-state index is 13.2. The van der Waals surface area contributed by atoms with Gasteiger partial charge in [0.2, 0.25) is 12.7 Å². The second-order valence-electron chi connectivity index (χ2n) is 10.8. The molecule has 1 fully saturated rings. The molecule has 1 aliphatic rings. The molecule has 3 N–H and O–H groups in total. The number of carbonyl (C=O) groups excluding carboxylic acids is 3. The van der Waals surface area contributed by atoms with Gasteiger partial charge in [0, 0.05) is 30.1 Å². The number of rotatable bonds is 12. The number of benzene rings is 1. The average molecular weight is 650 g/mol. The largest absolute Gasteiger partial charge is 0.494 e. The predicted octanol–water partition coefficient (Wildman–Crippen LogP) is 2.27. The molecular weight excluding hydrogens is 611 g/mol. The molecule has 1 aromatic carbocycles. The number of hydrogen-bond donors (Lipinski definition) is 3. The minimum Gasteiger partial charge on any atom is -0.494 e. The number of aromatic nitrogens is 5. The van der Waals surface area contributed by atoms with Crippen LogP contribution in [-0.4, -0.2) is 68.1 Å². The summed E-state index contributed by atoms with van der Waals surface area (Å²) in [5, 5.41) is 12.7. The number of phosphoric ester groups is 1. The van der Waals surface area contributed by atoms with E-state index in [1.54, 1.807) is 46.0 Å². The van der Waals surface area contributed by atoms with E-state index in [1.165, 1.54) is 24.2 Å². The van der Waals surface area contributed by atoms with Crippen LogP contribution < -0.4 is 20.7 Å². The van der Waals surface area contributed by atoms with Crippen molar-refractivity contribution in [1.82, 2.24) is 29.9 Å².